The van der Waals surface area contributed by atoms with E-state index in [0.717, 1.165) is 0 Å². The summed E-state index contributed by atoms with van der Waals surface area (Å²) in [6.45, 7) is 4.83. The zero-order valence-corrected chi connectivity index (χ0v) is 17.1. The van der Waals surface area contributed by atoms with E-state index in [0.29, 0.717) is 17.7 Å². The molecule has 0 unspecified atom stereocenters. The number of carbonyl (C=O) groups excluding carboxylic acids is 2. The highest BCUT2D eigenvalue weighted by atomic mass is 35.5. The molecule has 29 heavy (non-hydrogen) atoms. The molecule has 152 valence electrons. The first kappa shape index (κ1) is 22.5. The maximum Gasteiger partial charge on any atom is 0.322 e. The van der Waals surface area contributed by atoms with Crippen LogP contribution in [0.3, 0.4) is 0 Å². The number of carboxylic acids is 1. The maximum absolute atomic E-state index is 12.5. The molecule has 2 aromatic carbocycles. The highest BCUT2D eigenvalue weighted by Gasteiger charge is 2.19. The van der Waals surface area contributed by atoms with Gasteiger partial charge in [-0.3, -0.25) is 14.4 Å². The Bertz CT molecular complexity index is 972. The highest BCUT2D eigenvalue weighted by Crippen LogP contribution is 2.36. The second kappa shape index (κ2) is 10.1. The van der Waals surface area contributed by atoms with Gasteiger partial charge in [0.15, 0.2) is 12.4 Å². The van der Waals surface area contributed by atoms with Gasteiger partial charge in [0.2, 0.25) is 5.78 Å². The predicted molar refractivity (Wildman–Crippen MR) is 113 cm³/mol. The maximum atomic E-state index is 12.5. The molecule has 0 saturated heterocycles. The van der Waals surface area contributed by atoms with E-state index in [9.17, 15) is 14.4 Å². The molecule has 0 aliphatic carbocycles. The van der Waals surface area contributed by atoms with E-state index in [2.05, 4.69) is 11.9 Å². The smallest absolute Gasteiger partial charge is 0.322 e. The monoisotopic (exact) mass is 435 g/mol. The summed E-state index contributed by atoms with van der Waals surface area (Å²) in [5.74, 6) is -1.59. The number of Topliss-reactive ketones (excluding diaryl/α,β-unsaturated/α-hetero) is 2. The molecule has 0 heterocycles. The molecule has 2 rings (SSSR count). The molecule has 0 aromatic heterocycles. The van der Waals surface area contributed by atoms with Crippen LogP contribution in [0.2, 0.25) is 10.0 Å². The lowest BCUT2D eigenvalue weighted by atomic mass is 10.0. The quantitative estimate of drug-likeness (QED) is 0.407. The fourth-order valence-electron chi connectivity index (χ4n) is 2.44. The summed E-state index contributed by atoms with van der Waals surface area (Å²) in [7, 11) is 0. The lowest BCUT2D eigenvalue weighted by Gasteiger charge is -2.13. The van der Waals surface area contributed by atoms with Crippen molar-refractivity contribution in [1.29, 1.82) is 0 Å². The molecule has 8 heteroatoms. The van der Waals surface area contributed by atoms with Crippen molar-refractivity contribution >= 4 is 46.4 Å². The molecule has 0 aliphatic heterocycles. The average molecular weight is 436 g/mol. The fraction of sp³-hybridized carbons (Fsp3) is 0.190. The van der Waals surface area contributed by atoms with Crippen LogP contribution >= 0.6 is 23.2 Å². The lowest BCUT2D eigenvalue weighted by Crippen LogP contribution is -2.17. The van der Waals surface area contributed by atoms with Crippen LogP contribution in [-0.2, 0) is 4.79 Å². The minimum Gasteiger partial charge on any atom is -0.484 e. The van der Waals surface area contributed by atoms with Crippen LogP contribution in [0, 0.1) is 0 Å². The first-order chi connectivity index (χ1) is 13.8. The molecule has 0 aliphatic rings. The number of carbonyl (C=O) groups is 3. The third-order valence-electron chi connectivity index (χ3n) is 4.06. The van der Waals surface area contributed by atoms with Gasteiger partial charge in [-0.05, 0) is 36.3 Å². The average Bonchev–Trinajstić information content (AvgIpc) is 2.72. The molecule has 0 fully saturated rings. The number of halogens is 2. The molecule has 0 atom stereocenters. The van der Waals surface area contributed by atoms with Gasteiger partial charge in [0.05, 0.1) is 5.02 Å². The number of hydrogen-bond donors (Lipinski definition) is 2. The van der Waals surface area contributed by atoms with E-state index < -0.39 is 5.97 Å². The van der Waals surface area contributed by atoms with E-state index in [-0.39, 0.29) is 51.6 Å². The van der Waals surface area contributed by atoms with E-state index in [1.54, 1.807) is 24.3 Å². The SMILES string of the molecule is C=C(CC)C(=O)c1ccc(OCC(=O)c2ccccc2NCC(=O)O)c(Cl)c1Cl. The third kappa shape index (κ3) is 5.59. The number of hydrogen-bond acceptors (Lipinski definition) is 5. The Morgan fingerprint density at radius 1 is 1.07 bits per heavy atom. The number of anilines is 1. The molecular formula is C21H19Cl2NO5. The lowest BCUT2D eigenvalue weighted by molar-refractivity contribution is -0.134. The Labute approximate surface area is 178 Å². The van der Waals surface area contributed by atoms with Crippen molar-refractivity contribution < 1.29 is 24.2 Å². The Kier molecular flexibility index (Phi) is 7.82. The van der Waals surface area contributed by atoms with Crippen LogP contribution in [-0.4, -0.2) is 35.8 Å². The van der Waals surface area contributed by atoms with Gasteiger partial charge in [-0.25, -0.2) is 0 Å². The number of ether oxygens (including phenoxy) is 1. The van der Waals surface area contributed by atoms with Gasteiger partial charge in [0, 0.05) is 16.8 Å². The molecule has 0 radical (unpaired) electrons. The summed E-state index contributed by atoms with van der Waals surface area (Å²) in [5.41, 5.74) is 1.27. The minimum atomic E-state index is -1.05. The van der Waals surface area contributed by atoms with E-state index >= 15 is 0 Å². The number of benzene rings is 2. The number of rotatable bonds is 10. The zero-order chi connectivity index (χ0) is 21.6. The van der Waals surface area contributed by atoms with Gasteiger partial charge in [-0.15, -0.1) is 0 Å². The second-order valence-electron chi connectivity index (χ2n) is 6.03. The van der Waals surface area contributed by atoms with Gasteiger partial charge < -0.3 is 15.2 Å². The number of ketones is 2. The van der Waals surface area contributed by atoms with Crippen LogP contribution in [0.1, 0.15) is 34.1 Å². The summed E-state index contributed by atoms with van der Waals surface area (Å²) >= 11 is 12.4. The molecule has 0 bridgehead atoms. The molecular weight excluding hydrogens is 417 g/mol. The Hall–Kier alpha value is -2.83. The van der Waals surface area contributed by atoms with Gasteiger partial charge in [0.1, 0.15) is 17.3 Å². The van der Waals surface area contributed by atoms with Gasteiger partial charge in [-0.1, -0.05) is 48.8 Å². The van der Waals surface area contributed by atoms with Crippen molar-refractivity contribution in [2.75, 3.05) is 18.5 Å². The van der Waals surface area contributed by atoms with Gasteiger partial charge >= 0.3 is 5.97 Å². The van der Waals surface area contributed by atoms with E-state index in [1.165, 1.54) is 12.1 Å². The molecule has 0 saturated carbocycles. The minimum absolute atomic E-state index is 0.0199. The summed E-state index contributed by atoms with van der Waals surface area (Å²) in [4.78, 5) is 35.5. The molecule has 2 aromatic rings. The zero-order valence-electron chi connectivity index (χ0n) is 15.6. The predicted octanol–water partition coefficient (Wildman–Crippen LogP) is 4.90. The Morgan fingerprint density at radius 3 is 2.41 bits per heavy atom. The molecule has 0 amide bonds. The molecule has 0 spiro atoms. The van der Waals surface area contributed by atoms with E-state index in [4.69, 9.17) is 33.0 Å². The molecule has 2 N–H and O–H groups in total. The van der Waals surface area contributed by atoms with Crippen molar-refractivity contribution in [2.24, 2.45) is 0 Å². The normalized spacial score (nSPS) is 10.3. The number of para-hydroxylation sites is 1. The first-order valence-corrected chi connectivity index (χ1v) is 9.43. The number of aliphatic carboxylic acids is 1. The Balaban J connectivity index is 2.15. The summed E-state index contributed by atoms with van der Waals surface area (Å²) < 4.78 is 5.49. The standard InChI is InChI=1S/C21H19Cl2NO5/c1-3-12(2)21(28)14-8-9-17(20(23)19(14)22)29-11-16(25)13-6-4-5-7-15(13)24-10-18(26)27/h4-9,24H,2-3,10-11H2,1H3,(H,26,27). The van der Waals surface area contributed by atoms with Crippen LogP contribution in [0.5, 0.6) is 5.75 Å². The van der Waals surface area contributed by atoms with Crippen molar-refractivity contribution in [3.05, 3.63) is 69.7 Å². The third-order valence-corrected chi connectivity index (χ3v) is 4.92. The van der Waals surface area contributed by atoms with Crippen LogP contribution < -0.4 is 10.1 Å². The largest absolute Gasteiger partial charge is 0.484 e. The van der Waals surface area contributed by atoms with Gasteiger partial charge in [0.25, 0.3) is 0 Å². The van der Waals surface area contributed by atoms with Crippen molar-refractivity contribution in [1.82, 2.24) is 0 Å². The van der Waals surface area contributed by atoms with Crippen molar-refractivity contribution in [2.45, 2.75) is 13.3 Å². The number of nitrogens with one attached hydrogen (secondary N) is 1. The van der Waals surface area contributed by atoms with Crippen LogP contribution in [0.15, 0.2) is 48.6 Å². The summed E-state index contributed by atoms with van der Waals surface area (Å²) in [6.07, 6.45) is 0.481. The first-order valence-electron chi connectivity index (χ1n) is 8.67. The number of carboxylic acid groups (broad SMARTS) is 1. The van der Waals surface area contributed by atoms with Gasteiger partial charge in [-0.2, -0.15) is 0 Å². The van der Waals surface area contributed by atoms with E-state index in [1.807, 2.05) is 6.92 Å². The fourth-order valence-corrected chi connectivity index (χ4v) is 2.90. The van der Waals surface area contributed by atoms with Crippen molar-refractivity contribution in [3.63, 3.8) is 0 Å². The van der Waals surface area contributed by atoms with Crippen LogP contribution in [0.25, 0.3) is 0 Å². The summed E-state index contributed by atoms with van der Waals surface area (Å²) in [5, 5.41) is 11.5. The number of allylic oxidation sites excluding steroid dienone is 1. The van der Waals surface area contributed by atoms with Crippen LogP contribution in [0.4, 0.5) is 5.69 Å². The second-order valence-corrected chi connectivity index (χ2v) is 6.79. The topological polar surface area (TPSA) is 92.7 Å². The van der Waals surface area contributed by atoms with Crippen molar-refractivity contribution in [3.8, 4) is 5.75 Å². The Morgan fingerprint density at radius 2 is 1.76 bits per heavy atom. The highest BCUT2D eigenvalue weighted by molar-refractivity contribution is 6.45. The molecule has 6 nitrogen and oxygen atoms in total. The summed E-state index contributed by atoms with van der Waals surface area (Å²) in [6, 6.07) is 9.43.